The first-order chi connectivity index (χ1) is 16.5. The first-order valence-corrected chi connectivity index (χ1v) is 11.2. The molecule has 34 heavy (non-hydrogen) atoms. The van der Waals surface area contributed by atoms with Crippen molar-refractivity contribution in [2.75, 3.05) is 11.1 Å². The summed E-state index contributed by atoms with van der Waals surface area (Å²) in [6.07, 6.45) is 5.01. The zero-order chi connectivity index (χ0) is 23.5. The Kier molecular flexibility index (Phi) is 5.87. The number of pyridine rings is 1. The minimum absolute atomic E-state index is 0.0391. The topological polar surface area (TPSA) is 128 Å². The zero-order valence-electron chi connectivity index (χ0n) is 18.8. The molecule has 0 atom stereocenters. The van der Waals surface area contributed by atoms with Crippen LogP contribution in [0.1, 0.15) is 42.8 Å². The van der Waals surface area contributed by atoms with E-state index in [1.807, 2.05) is 24.3 Å². The van der Waals surface area contributed by atoms with E-state index in [4.69, 9.17) is 19.9 Å². The van der Waals surface area contributed by atoms with Crippen molar-refractivity contribution in [3.05, 3.63) is 71.6 Å². The van der Waals surface area contributed by atoms with E-state index in [0.29, 0.717) is 55.1 Å². The van der Waals surface area contributed by atoms with Gasteiger partial charge in [-0.1, -0.05) is 23.3 Å². The summed E-state index contributed by atoms with van der Waals surface area (Å²) < 4.78 is 26.2. The van der Waals surface area contributed by atoms with E-state index in [2.05, 4.69) is 25.7 Å². The lowest BCUT2D eigenvalue weighted by molar-refractivity contribution is 0.0998. The largest absolute Gasteiger partial charge is 0.487 e. The molecule has 3 heterocycles. The van der Waals surface area contributed by atoms with E-state index in [0.717, 1.165) is 11.5 Å². The van der Waals surface area contributed by atoms with Gasteiger partial charge in [-0.25, -0.2) is 9.37 Å². The van der Waals surface area contributed by atoms with Crippen molar-refractivity contribution in [3.8, 4) is 5.75 Å². The van der Waals surface area contributed by atoms with Crippen LogP contribution < -0.4 is 15.8 Å². The van der Waals surface area contributed by atoms with E-state index < -0.39 is 5.41 Å². The molecular weight excluding hydrogens is 437 g/mol. The fourth-order valence-electron chi connectivity index (χ4n) is 4.53. The van der Waals surface area contributed by atoms with Crippen molar-refractivity contribution in [1.29, 1.82) is 0 Å². The number of nitrogen functional groups attached to an aromatic ring is 1. The highest BCUT2D eigenvalue weighted by Crippen LogP contribution is 2.43. The van der Waals surface area contributed by atoms with E-state index >= 15 is 0 Å². The molecule has 1 saturated carbocycles. The normalized spacial score (nSPS) is 20.2. The lowest BCUT2D eigenvalue weighted by Crippen LogP contribution is -2.38. The number of aromatic amines is 1. The van der Waals surface area contributed by atoms with Crippen molar-refractivity contribution < 1.29 is 13.5 Å². The number of aromatic nitrogens is 5. The van der Waals surface area contributed by atoms with Gasteiger partial charge < -0.3 is 20.2 Å². The van der Waals surface area contributed by atoms with Gasteiger partial charge in [0.2, 0.25) is 5.89 Å². The Labute approximate surface area is 196 Å². The van der Waals surface area contributed by atoms with Gasteiger partial charge in [0.1, 0.15) is 11.6 Å². The number of halogens is 1. The Balaban J connectivity index is 1.35. The van der Waals surface area contributed by atoms with E-state index in [9.17, 15) is 4.39 Å². The van der Waals surface area contributed by atoms with Gasteiger partial charge in [-0.3, -0.25) is 5.10 Å². The lowest BCUT2D eigenvalue weighted by Gasteiger charge is -2.37. The smallest absolute Gasteiger partial charge is 0.312 e. The van der Waals surface area contributed by atoms with E-state index in [-0.39, 0.29) is 17.9 Å². The molecule has 176 valence electrons. The summed E-state index contributed by atoms with van der Waals surface area (Å²) in [5.41, 5.74) is 6.77. The number of nitrogens with zero attached hydrogens (tertiary/aromatic N) is 4. The van der Waals surface area contributed by atoms with Gasteiger partial charge in [0, 0.05) is 18.2 Å². The van der Waals surface area contributed by atoms with Crippen LogP contribution in [-0.2, 0) is 11.8 Å². The number of rotatable bonds is 7. The van der Waals surface area contributed by atoms with E-state index in [1.165, 1.54) is 0 Å². The number of hydrogen-bond donors (Lipinski definition) is 3. The van der Waals surface area contributed by atoms with Crippen LogP contribution >= 0.6 is 0 Å². The molecule has 0 saturated heterocycles. The fourth-order valence-corrected chi connectivity index (χ4v) is 4.53. The third kappa shape index (κ3) is 4.57. The molecule has 4 N–H and O–H groups in total. The molecule has 1 aliphatic carbocycles. The fraction of sp³-hybridized carbons (Fsp3) is 0.333. The number of ether oxygens (including phenoxy) is 1. The second kappa shape index (κ2) is 9.12. The predicted octanol–water partition coefficient (Wildman–Crippen LogP) is 4.46. The van der Waals surface area contributed by atoms with Crippen molar-refractivity contribution in [3.63, 3.8) is 0 Å². The van der Waals surface area contributed by atoms with Gasteiger partial charge in [-0.05, 0) is 56.4 Å². The number of benzene rings is 1. The molecule has 1 aliphatic rings. The predicted molar refractivity (Wildman–Crippen MR) is 124 cm³/mol. The Morgan fingerprint density at radius 3 is 2.74 bits per heavy atom. The molecule has 0 unspecified atom stereocenters. The summed E-state index contributed by atoms with van der Waals surface area (Å²) in [7, 11) is 0. The monoisotopic (exact) mass is 463 g/mol. The quantitative estimate of drug-likeness (QED) is 0.366. The maximum Gasteiger partial charge on any atom is 0.312 e. The third-order valence-electron chi connectivity index (χ3n) is 6.32. The highest BCUT2D eigenvalue weighted by atomic mass is 19.1. The van der Waals surface area contributed by atoms with Crippen LogP contribution in [0.3, 0.4) is 0 Å². The summed E-state index contributed by atoms with van der Waals surface area (Å²) in [6.45, 7) is 1.73. The number of anilines is 3. The second-order valence-corrected chi connectivity index (χ2v) is 8.72. The number of aryl methyl sites for hydroxylation is 1. The Morgan fingerprint density at radius 1 is 1.18 bits per heavy atom. The molecule has 4 aromatic rings. The van der Waals surface area contributed by atoms with Crippen LogP contribution in [0.2, 0.25) is 0 Å². The van der Waals surface area contributed by atoms with Crippen molar-refractivity contribution in [2.24, 2.45) is 0 Å². The maximum atomic E-state index is 14.4. The first-order valence-electron chi connectivity index (χ1n) is 11.2. The van der Waals surface area contributed by atoms with Crippen LogP contribution in [0, 0.1) is 12.7 Å². The molecule has 1 aromatic carbocycles. The molecule has 0 bridgehead atoms. The minimum atomic E-state index is -0.435. The lowest BCUT2D eigenvalue weighted by atomic mass is 9.70. The summed E-state index contributed by atoms with van der Waals surface area (Å²) >= 11 is 0. The molecule has 5 rings (SSSR count). The summed E-state index contributed by atoms with van der Waals surface area (Å²) in [6, 6.07) is 12.9. The molecule has 0 aliphatic heterocycles. The number of nitrogens with one attached hydrogen (secondary N) is 2. The Morgan fingerprint density at radius 2 is 2.00 bits per heavy atom. The van der Waals surface area contributed by atoms with Crippen molar-refractivity contribution in [1.82, 2.24) is 25.4 Å². The van der Waals surface area contributed by atoms with Gasteiger partial charge in [0.05, 0.1) is 17.7 Å². The van der Waals surface area contributed by atoms with Crippen LogP contribution in [0.4, 0.5) is 22.0 Å². The van der Waals surface area contributed by atoms with Crippen LogP contribution in [0.5, 0.6) is 5.75 Å². The summed E-state index contributed by atoms with van der Waals surface area (Å²) in [5, 5.41) is 18.1. The Hall–Kier alpha value is -3.95. The van der Waals surface area contributed by atoms with Gasteiger partial charge >= 0.3 is 6.01 Å². The standard InChI is InChI=1S/C24H26FN7O2/c1-15-4-2-6-18(21(15)25)33-17-8-11-24(12-9-17,22-31-32-23(26)34-22)14-16-5-3-7-19(28-16)29-20-10-13-27-30-20/h2-7,10,13,17H,8-9,11-12,14H2,1H3,(H2,26,32)(H2,27,28,29,30). The van der Waals surface area contributed by atoms with E-state index in [1.54, 1.807) is 31.3 Å². The maximum absolute atomic E-state index is 14.4. The van der Waals surface area contributed by atoms with Crippen LogP contribution in [0.15, 0.2) is 53.1 Å². The molecule has 1 fully saturated rings. The highest BCUT2D eigenvalue weighted by Gasteiger charge is 2.42. The highest BCUT2D eigenvalue weighted by molar-refractivity contribution is 5.50. The first kappa shape index (κ1) is 21.9. The molecule has 0 spiro atoms. The van der Waals surface area contributed by atoms with Crippen LogP contribution in [-0.4, -0.2) is 31.5 Å². The third-order valence-corrected chi connectivity index (χ3v) is 6.32. The average molecular weight is 464 g/mol. The molecular formula is C24H26FN7O2. The zero-order valence-corrected chi connectivity index (χ0v) is 18.8. The molecule has 9 nitrogen and oxygen atoms in total. The van der Waals surface area contributed by atoms with Crippen molar-refractivity contribution in [2.45, 2.75) is 50.5 Å². The van der Waals surface area contributed by atoms with Gasteiger partial charge in [-0.2, -0.15) is 5.10 Å². The molecule has 0 amide bonds. The SMILES string of the molecule is Cc1cccc(OC2CCC(Cc3cccc(Nc4ccn[nH]4)n3)(c3nnc(N)o3)CC2)c1F. The number of nitrogens with two attached hydrogens (primary N) is 1. The summed E-state index contributed by atoms with van der Waals surface area (Å²) in [4.78, 5) is 4.77. The minimum Gasteiger partial charge on any atom is -0.487 e. The van der Waals surface area contributed by atoms with Crippen molar-refractivity contribution >= 4 is 17.7 Å². The molecule has 3 aromatic heterocycles. The van der Waals surface area contributed by atoms with Crippen LogP contribution in [0.25, 0.3) is 0 Å². The molecule has 10 heteroatoms. The molecule has 0 radical (unpaired) electrons. The average Bonchev–Trinajstić information content (AvgIpc) is 3.51. The summed E-state index contributed by atoms with van der Waals surface area (Å²) in [5.74, 6) is 1.94. The second-order valence-electron chi connectivity index (χ2n) is 8.72. The number of hydrogen-bond acceptors (Lipinski definition) is 8. The number of H-pyrrole nitrogens is 1. The van der Waals surface area contributed by atoms with Gasteiger partial charge in [0.25, 0.3) is 0 Å². The van der Waals surface area contributed by atoms with Gasteiger partial charge in [-0.15, -0.1) is 5.10 Å². The Bertz CT molecular complexity index is 1250. The van der Waals surface area contributed by atoms with Gasteiger partial charge in [0.15, 0.2) is 11.6 Å².